The fourth-order valence-corrected chi connectivity index (χ4v) is 5.69. The van der Waals surface area contributed by atoms with Gasteiger partial charge in [0.2, 0.25) is 0 Å². The van der Waals surface area contributed by atoms with E-state index in [2.05, 4.69) is 37.9 Å². The van der Waals surface area contributed by atoms with Gasteiger partial charge in [0.25, 0.3) is 11.5 Å². The molecule has 12 heteroatoms. The van der Waals surface area contributed by atoms with E-state index in [0.29, 0.717) is 37.0 Å². The van der Waals surface area contributed by atoms with Crippen LogP contribution in [0.5, 0.6) is 0 Å². The third-order valence-electron chi connectivity index (χ3n) is 7.00. The fourth-order valence-electron chi connectivity index (χ4n) is 5.16. The highest BCUT2D eigenvalue weighted by atomic mass is 127. The van der Waals surface area contributed by atoms with Gasteiger partial charge in [0, 0.05) is 28.0 Å². The Hall–Kier alpha value is -3.94. The van der Waals surface area contributed by atoms with Gasteiger partial charge in [0.1, 0.15) is 23.0 Å². The van der Waals surface area contributed by atoms with E-state index >= 15 is 0 Å². The molecule has 1 amide bonds. The Labute approximate surface area is 233 Å². The van der Waals surface area contributed by atoms with Crippen molar-refractivity contribution < 1.29 is 13.6 Å². The minimum atomic E-state index is -0.667. The van der Waals surface area contributed by atoms with Crippen molar-refractivity contribution in [3.63, 3.8) is 0 Å². The van der Waals surface area contributed by atoms with Gasteiger partial charge >= 0.3 is 5.69 Å². The van der Waals surface area contributed by atoms with Gasteiger partial charge in [-0.2, -0.15) is 0 Å². The van der Waals surface area contributed by atoms with Crippen molar-refractivity contribution in [3.05, 3.63) is 103 Å². The number of hydrogen-bond acceptors (Lipinski definition) is 5. The molecule has 39 heavy (non-hydrogen) atoms. The largest absolute Gasteiger partial charge is 0.348 e. The van der Waals surface area contributed by atoms with Gasteiger partial charge in [-0.25, -0.2) is 28.1 Å². The Morgan fingerprint density at radius 1 is 1.00 bits per heavy atom. The van der Waals surface area contributed by atoms with E-state index in [9.17, 15) is 23.2 Å². The van der Waals surface area contributed by atoms with E-state index < -0.39 is 28.9 Å². The molecule has 0 unspecified atom stereocenters. The number of aromatic nitrogens is 5. The number of amides is 1. The molecule has 1 N–H and O–H groups in total. The van der Waals surface area contributed by atoms with E-state index in [0.717, 1.165) is 15.8 Å². The van der Waals surface area contributed by atoms with Crippen LogP contribution in [0.4, 0.5) is 8.78 Å². The second kappa shape index (κ2) is 9.98. The summed E-state index contributed by atoms with van der Waals surface area (Å²) in [5.41, 5.74) is 0.113. The number of rotatable bonds is 4. The standard InChI is InChI=1S/C27H21F2IN6O3/c28-15-4-9-23-33-22(14-34(23)13-15)25(37)32-18-5-7-19(8-6-18)36-26(38)21-10-16(29)12-31-24(21)35(27(36)39)20-3-1-2-17(30)11-20/h1-4,9-14,18-19H,5-8H2,(H,32,37). The van der Waals surface area contributed by atoms with Crippen LogP contribution in [0.1, 0.15) is 42.2 Å². The first-order chi connectivity index (χ1) is 18.8. The molecule has 1 aliphatic carbocycles. The van der Waals surface area contributed by atoms with Crippen molar-refractivity contribution in [2.45, 2.75) is 37.8 Å². The van der Waals surface area contributed by atoms with Crippen LogP contribution in [0, 0.1) is 15.2 Å². The van der Waals surface area contributed by atoms with Crippen LogP contribution >= 0.6 is 22.6 Å². The van der Waals surface area contributed by atoms with E-state index in [1.165, 1.54) is 38.1 Å². The topological polar surface area (TPSA) is 103 Å². The van der Waals surface area contributed by atoms with Crippen molar-refractivity contribution in [2.75, 3.05) is 0 Å². The predicted molar refractivity (Wildman–Crippen MR) is 148 cm³/mol. The van der Waals surface area contributed by atoms with Gasteiger partial charge in [0.05, 0.1) is 17.3 Å². The van der Waals surface area contributed by atoms with Crippen molar-refractivity contribution in [1.82, 2.24) is 28.8 Å². The predicted octanol–water partition coefficient (Wildman–Crippen LogP) is 3.99. The van der Waals surface area contributed by atoms with Gasteiger partial charge in [-0.15, -0.1) is 0 Å². The Balaban J connectivity index is 1.28. The lowest BCUT2D eigenvalue weighted by Crippen LogP contribution is -2.45. The van der Waals surface area contributed by atoms with Crippen molar-refractivity contribution in [2.24, 2.45) is 0 Å². The molecule has 0 aliphatic heterocycles. The number of nitrogens with one attached hydrogen (secondary N) is 1. The summed E-state index contributed by atoms with van der Waals surface area (Å²) in [7, 11) is 0. The van der Waals surface area contributed by atoms with Crippen LogP contribution in [0.15, 0.2) is 70.6 Å². The minimum Gasteiger partial charge on any atom is -0.348 e. The molecule has 4 aromatic heterocycles. The summed E-state index contributed by atoms with van der Waals surface area (Å²) in [5.74, 6) is -1.48. The number of pyridine rings is 2. The molecule has 198 valence electrons. The number of carbonyl (C=O) groups is 1. The highest BCUT2D eigenvalue weighted by Gasteiger charge is 2.28. The lowest BCUT2D eigenvalue weighted by atomic mass is 9.90. The molecule has 0 saturated heterocycles. The highest BCUT2D eigenvalue weighted by Crippen LogP contribution is 2.28. The van der Waals surface area contributed by atoms with E-state index in [1.807, 2.05) is 6.07 Å². The third-order valence-corrected chi connectivity index (χ3v) is 7.67. The van der Waals surface area contributed by atoms with Gasteiger partial charge < -0.3 is 9.72 Å². The van der Waals surface area contributed by atoms with E-state index in [-0.39, 0.29) is 28.7 Å². The molecule has 0 spiro atoms. The minimum absolute atomic E-state index is 0.0205. The van der Waals surface area contributed by atoms with Crippen molar-refractivity contribution >= 4 is 45.2 Å². The lowest BCUT2D eigenvalue weighted by molar-refractivity contribution is 0.0917. The zero-order valence-corrected chi connectivity index (χ0v) is 22.5. The Morgan fingerprint density at radius 2 is 1.79 bits per heavy atom. The summed E-state index contributed by atoms with van der Waals surface area (Å²) >= 11 is 2.13. The van der Waals surface area contributed by atoms with Crippen LogP contribution in [0.2, 0.25) is 0 Å². The number of benzene rings is 1. The van der Waals surface area contributed by atoms with Crippen LogP contribution in [0.3, 0.4) is 0 Å². The first kappa shape index (κ1) is 25.3. The SMILES string of the molecule is O=C(NC1CCC(n2c(=O)c3cc(F)cnc3n(-c3cccc(I)c3)c2=O)CC1)c1cn2cc(F)ccc2n1. The monoisotopic (exact) mass is 642 g/mol. The maximum Gasteiger partial charge on any atom is 0.337 e. The summed E-state index contributed by atoms with van der Waals surface area (Å²) < 4.78 is 32.5. The number of hydrogen-bond donors (Lipinski definition) is 1. The van der Waals surface area contributed by atoms with Gasteiger partial charge in [0.15, 0.2) is 5.65 Å². The molecular formula is C27H21F2IN6O3. The lowest BCUT2D eigenvalue weighted by Gasteiger charge is -2.30. The number of carbonyl (C=O) groups excluding carboxylic acids is 1. The first-order valence-electron chi connectivity index (χ1n) is 12.3. The van der Waals surface area contributed by atoms with Gasteiger partial charge in [-0.3, -0.25) is 14.2 Å². The zero-order valence-electron chi connectivity index (χ0n) is 20.4. The van der Waals surface area contributed by atoms with E-state index in [1.54, 1.807) is 18.2 Å². The van der Waals surface area contributed by atoms with Crippen molar-refractivity contribution in [1.29, 1.82) is 0 Å². The average molecular weight is 642 g/mol. The van der Waals surface area contributed by atoms with E-state index in [4.69, 9.17) is 0 Å². The summed E-state index contributed by atoms with van der Waals surface area (Å²) in [6.45, 7) is 0. The maximum absolute atomic E-state index is 14.1. The molecule has 0 bridgehead atoms. The molecule has 1 aromatic carbocycles. The zero-order chi connectivity index (χ0) is 27.3. The molecule has 6 rings (SSSR count). The molecular weight excluding hydrogens is 621 g/mol. The summed E-state index contributed by atoms with van der Waals surface area (Å²) in [6.07, 6.45) is 5.65. The second-order valence-electron chi connectivity index (χ2n) is 9.52. The summed E-state index contributed by atoms with van der Waals surface area (Å²) in [4.78, 5) is 48.3. The third kappa shape index (κ3) is 4.73. The summed E-state index contributed by atoms with van der Waals surface area (Å²) in [6, 6.07) is 10.5. The molecule has 1 fully saturated rings. The Morgan fingerprint density at radius 3 is 2.56 bits per heavy atom. The van der Waals surface area contributed by atoms with Crippen molar-refractivity contribution in [3.8, 4) is 5.69 Å². The van der Waals surface area contributed by atoms with Crippen LogP contribution < -0.4 is 16.6 Å². The molecule has 9 nitrogen and oxygen atoms in total. The maximum atomic E-state index is 14.1. The quantitative estimate of drug-likeness (QED) is 0.299. The number of imidazole rings is 1. The summed E-state index contributed by atoms with van der Waals surface area (Å²) in [5, 5.41) is 2.97. The number of fused-ring (bicyclic) bond motifs is 2. The molecule has 4 heterocycles. The fraction of sp³-hybridized carbons (Fsp3) is 0.222. The Kier molecular flexibility index (Phi) is 6.49. The molecule has 1 aliphatic rings. The Bertz CT molecular complexity index is 1870. The van der Waals surface area contributed by atoms with Gasteiger partial charge in [-0.05, 0) is 84.7 Å². The normalized spacial score (nSPS) is 17.5. The highest BCUT2D eigenvalue weighted by molar-refractivity contribution is 14.1. The first-order valence-corrected chi connectivity index (χ1v) is 13.4. The molecule has 1 saturated carbocycles. The van der Waals surface area contributed by atoms with Crippen LogP contribution in [0.25, 0.3) is 22.4 Å². The number of halogens is 3. The second-order valence-corrected chi connectivity index (χ2v) is 10.8. The number of nitrogens with zero attached hydrogens (tertiary/aromatic N) is 5. The molecule has 0 atom stereocenters. The molecule has 5 aromatic rings. The van der Waals surface area contributed by atoms with Gasteiger partial charge in [-0.1, -0.05) is 6.07 Å². The smallest absolute Gasteiger partial charge is 0.337 e. The average Bonchev–Trinajstić information content (AvgIpc) is 3.34. The van der Waals surface area contributed by atoms with Crippen LogP contribution in [-0.2, 0) is 0 Å². The van der Waals surface area contributed by atoms with Crippen LogP contribution in [-0.4, -0.2) is 35.5 Å². The molecule has 0 radical (unpaired) electrons.